The van der Waals surface area contributed by atoms with E-state index in [1.807, 2.05) is 20.8 Å². The Morgan fingerprint density at radius 2 is 1.96 bits per heavy atom. The number of carbonyl (C=O) groups is 1. The van der Waals surface area contributed by atoms with Gasteiger partial charge in [0, 0.05) is 24.7 Å². The quantitative estimate of drug-likeness (QED) is 0.811. The Kier molecular flexibility index (Phi) is 4.30. The maximum Gasteiger partial charge on any atom is 0.410 e. The molecule has 2 heterocycles. The highest BCUT2D eigenvalue weighted by Gasteiger charge is 2.48. The summed E-state index contributed by atoms with van der Waals surface area (Å²) in [5.41, 5.74) is -0.457. The molecule has 134 valence electrons. The molecule has 2 fully saturated rings. The standard InChI is InChI=1S/C17H25F2N3O2/c1-16(2,3)24-15(23)21-10-17(11-21)7-4-12(5-8-17)22-9-6-13(20-22)14(18)19/h6,9,12,14H,4-5,7-8,10-11H2,1-3H3. The van der Waals surface area contributed by atoms with Crippen LogP contribution in [0.5, 0.6) is 0 Å². The van der Waals surface area contributed by atoms with Gasteiger partial charge in [-0.2, -0.15) is 5.10 Å². The van der Waals surface area contributed by atoms with E-state index >= 15 is 0 Å². The molecule has 7 heteroatoms. The van der Waals surface area contributed by atoms with Crippen LogP contribution in [0.25, 0.3) is 0 Å². The van der Waals surface area contributed by atoms with Crippen LogP contribution in [0.15, 0.2) is 12.3 Å². The molecule has 1 saturated heterocycles. The zero-order chi connectivity index (χ0) is 17.5. The first-order chi connectivity index (χ1) is 11.2. The minimum atomic E-state index is -2.52. The third-order valence-electron chi connectivity index (χ3n) is 4.95. The molecule has 0 radical (unpaired) electrons. The number of hydrogen-bond acceptors (Lipinski definition) is 3. The molecule has 1 spiro atoms. The Labute approximate surface area is 141 Å². The average Bonchev–Trinajstić information content (AvgIpc) is 2.93. The van der Waals surface area contributed by atoms with Crippen molar-refractivity contribution in [3.8, 4) is 0 Å². The molecule has 1 aromatic rings. The van der Waals surface area contributed by atoms with Crippen LogP contribution in [0.2, 0.25) is 0 Å². The summed E-state index contributed by atoms with van der Waals surface area (Å²) in [6.07, 6.45) is 2.68. The van der Waals surface area contributed by atoms with Crippen molar-refractivity contribution in [1.82, 2.24) is 14.7 Å². The summed E-state index contributed by atoms with van der Waals surface area (Å²) in [7, 11) is 0. The molecule has 0 bridgehead atoms. The highest BCUT2D eigenvalue weighted by Crippen LogP contribution is 2.47. The molecule has 0 aromatic carbocycles. The highest BCUT2D eigenvalue weighted by atomic mass is 19.3. The second kappa shape index (κ2) is 6.01. The van der Waals surface area contributed by atoms with Gasteiger partial charge in [-0.05, 0) is 52.5 Å². The van der Waals surface area contributed by atoms with Crippen molar-refractivity contribution in [3.63, 3.8) is 0 Å². The summed E-state index contributed by atoms with van der Waals surface area (Å²) in [5, 5.41) is 3.99. The molecule has 0 N–H and O–H groups in total. The summed E-state index contributed by atoms with van der Waals surface area (Å²) in [5.74, 6) is 0. The number of likely N-dealkylation sites (tertiary alicyclic amines) is 1. The van der Waals surface area contributed by atoms with Crippen LogP contribution in [-0.2, 0) is 4.74 Å². The van der Waals surface area contributed by atoms with Crippen LogP contribution < -0.4 is 0 Å². The summed E-state index contributed by atoms with van der Waals surface area (Å²) >= 11 is 0. The van der Waals surface area contributed by atoms with Gasteiger partial charge in [-0.1, -0.05) is 0 Å². The fraction of sp³-hybridized carbons (Fsp3) is 0.765. The number of hydrogen-bond donors (Lipinski definition) is 0. The van der Waals surface area contributed by atoms with Crippen LogP contribution in [0.1, 0.15) is 64.6 Å². The van der Waals surface area contributed by atoms with Crippen molar-refractivity contribution < 1.29 is 18.3 Å². The molecular formula is C17H25F2N3O2. The van der Waals surface area contributed by atoms with E-state index in [9.17, 15) is 13.6 Å². The second-order valence-electron chi connectivity index (χ2n) is 8.09. The molecule has 0 atom stereocenters. The topological polar surface area (TPSA) is 47.4 Å². The van der Waals surface area contributed by atoms with Gasteiger partial charge >= 0.3 is 6.09 Å². The lowest BCUT2D eigenvalue weighted by atomic mass is 9.67. The molecule has 24 heavy (non-hydrogen) atoms. The number of ether oxygens (including phenoxy) is 1. The fourth-order valence-electron chi connectivity index (χ4n) is 3.69. The number of amides is 1. The molecule has 5 nitrogen and oxygen atoms in total. The minimum absolute atomic E-state index is 0.157. The third kappa shape index (κ3) is 3.54. The monoisotopic (exact) mass is 341 g/mol. The molecule has 1 amide bonds. The normalized spacial score (nSPS) is 21.2. The van der Waals surface area contributed by atoms with Crippen LogP contribution in [0.4, 0.5) is 13.6 Å². The van der Waals surface area contributed by atoms with Crippen LogP contribution in [0, 0.1) is 5.41 Å². The zero-order valence-corrected chi connectivity index (χ0v) is 14.5. The van der Waals surface area contributed by atoms with Gasteiger partial charge in [0.1, 0.15) is 11.3 Å². The zero-order valence-electron chi connectivity index (χ0n) is 14.5. The Morgan fingerprint density at radius 3 is 2.46 bits per heavy atom. The molecule has 0 unspecified atom stereocenters. The van der Waals surface area contributed by atoms with E-state index in [1.54, 1.807) is 15.8 Å². The molecule has 1 aromatic heterocycles. The number of halogens is 2. The van der Waals surface area contributed by atoms with Gasteiger partial charge in [0.15, 0.2) is 0 Å². The first kappa shape index (κ1) is 17.2. The molecule has 2 aliphatic rings. The lowest BCUT2D eigenvalue weighted by molar-refractivity contribution is -0.0539. The van der Waals surface area contributed by atoms with E-state index in [4.69, 9.17) is 4.74 Å². The molecule has 1 aliphatic carbocycles. The van der Waals surface area contributed by atoms with E-state index in [2.05, 4.69) is 5.10 Å². The van der Waals surface area contributed by atoms with Gasteiger partial charge < -0.3 is 9.64 Å². The second-order valence-corrected chi connectivity index (χ2v) is 8.09. The molecular weight excluding hydrogens is 316 g/mol. The van der Waals surface area contributed by atoms with Crippen LogP contribution in [0.3, 0.4) is 0 Å². The summed E-state index contributed by atoms with van der Waals surface area (Å²) < 4.78 is 32.4. The fourth-order valence-corrected chi connectivity index (χ4v) is 3.69. The van der Waals surface area contributed by atoms with Crippen molar-refractivity contribution in [1.29, 1.82) is 0 Å². The summed E-state index contributed by atoms with van der Waals surface area (Å²) in [6, 6.07) is 1.57. The van der Waals surface area contributed by atoms with Gasteiger partial charge in [0.25, 0.3) is 6.43 Å². The predicted octanol–water partition coefficient (Wildman–Crippen LogP) is 4.17. The SMILES string of the molecule is CC(C)(C)OC(=O)N1CC2(CCC(n3ccc(C(F)F)n3)CC2)C1. The van der Waals surface area contributed by atoms with Crippen LogP contribution >= 0.6 is 0 Å². The minimum Gasteiger partial charge on any atom is -0.444 e. The molecule has 1 saturated carbocycles. The first-order valence-electron chi connectivity index (χ1n) is 8.49. The third-order valence-corrected chi connectivity index (χ3v) is 4.95. The number of nitrogens with zero attached hydrogens (tertiary/aromatic N) is 3. The number of carbonyl (C=O) groups excluding carboxylic acids is 1. The first-order valence-corrected chi connectivity index (χ1v) is 8.49. The number of alkyl halides is 2. The average molecular weight is 341 g/mol. The van der Waals surface area contributed by atoms with Crippen molar-refractivity contribution in [2.24, 2.45) is 5.41 Å². The van der Waals surface area contributed by atoms with E-state index in [-0.39, 0.29) is 23.2 Å². The lowest BCUT2D eigenvalue weighted by Gasteiger charge is -2.53. The van der Waals surface area contributed by atoms with Crippen LogP contribution in [-0.4, -0.2) is 39.5 Å². The Bertz CT molecular complexity index is 593. The number of rotatable bonds is 2. The van der Waals surface area contributed by atoms with E-state index in [0.29, 0.717) is 0 Å². The van der Waals surface area contributed by atoms with Gasteiger partial charge in [-0.3, -0.25) is 4.68 Å². The number of aromatic nitrogens is 2. The van der Waals surface area contributed by atoms with E-state index in [1.165, 1.54) is 6.07 Å². The summed E-state index contributed by atoms with van der Waals surface area (Å²) in [6.45, 7) is 7.06. The molecule has 1 aliphatic heterocycles. The van der Waals surface area contributed by atoms with E-state index in [0.717, 1.165) is 38.8 Å². The van der Waals surface area contributed by atoms with Gasteiger partial charge in [-0.25, -0.2) is 13.6 Å². The van der Waals surface area contributed by atoms with Gasteiger partial charge in [0.2, 0.25) is 0 Å². The van der Waals surface area contributed by atoms with E-state index < -0.39 is 12.0 Å². The molecule has 3 rings (SSSR count). The van der Waals surface area contributed by atoms with Crippen molar-refractivity contribution >= 4 is 6.09 Å². The largest absolute Gasteiger partial charge is 0.444 e. The maximum atomic E-state index is 12.6. The Hall–Kier alpha value is -1.66. The van der Waals surface area contributed by atoms with Gasteiger partial charge in [0.05, 0.1) is 6.04 Å². The smallest absolute Gasteiger partial charge is 0.410 e. The Morgan fingerprint density at radius 1 is 1.33 bits per heavy atom. The van der Waals surface area contributed by atoms with Crippen molar-refractivity contribution in [3.05, 3.63) is 18.0 Å². The Balaban J connectivity index is 1.50. The van der Waals surface area contributed by atoms with Crippen molar-refractivity contribution in [2.45, 2.75) is 64.5 Å². The van der Waals surface area contributed by atoms with Crippen molar-refractivity contribution in [2.75, 3.05) is 13.1 Å². The highest BCUT2D eigenvalue weighted by molar-refractivity contribution is 5.69. The predicted molar refractivity (Wildman–Crippen MR) is 84.9 cm³/mol. The maximum absolute atomic E-state index is 12.6. The summed E-state index contributed by atoms with van der Waals surface area (Å²) in [4.78, 5) is 13.8. The lowest BCUT2D eigenvalue weighted by Crippen LogP contribution is -2.60. The van der Waals surface area contributed by atoms with Gasteiger partial charge in [-0.15, -0.1) is 0 Å².